The molecule has 0 aliphatic rings. The first-order valence-corrected chi connectivity index (χ1v) is 5.01. The number of carbonyl (C=O) groups excluding carboxylic acids is 1. The molecule has 2 rings (SSSR count). The fourth-order valence-electron chi connectivity index (χ4n) is 1.37. The summed E-state index contributed by atoms with van der Waals surface area (Å²) in [4.78, 5) is 14.6. The lowest BCUT2D eigenvalue weighted by Crippen LogP contribution is -1.95. The molecule has 0 spiro atoms. The van der Waals surface area contributed by atoms with Gasteiger partial charge in [0.25, 0.3) is 0 Å². The molecule has 2 aromatic rings. The van der Waals surface area contributed by atoms with Gasteiger partial charge in [0.1, 0.15) is 5.75 Å². The standard InChI is InChI=1S/C12H8ClNO2/c13-12(15)16-11-5-1-3-9(7-11)10-4-2-6-14-8-10/h1-8H. The van der Waals surface area contributed by atoms with Crippen molar-refractivity contribution in [2.24, 2.45) is 0 Å². The summed E-state index contributed by atoms with van der Waals surface area (Å²) < 4.78 is 4.78. The number of pyridine rings is 1. The Balaban J connectivity index is 2.33. The predicted molar refractivity (Wildman–Crippen MR) is 61.6 cm³/mol. The third kappa shape index (κ3) is 2.58. The number of nitrogens with zero attached hydrogens (tertiary/aromatic N) is 1. The van der Waals surface area contributed by atoms with Gasteiger partial charge in [0.05, 0.1) is 0 Å². The highest BCUT2D eigenvalue weighted by Gasteiger charge is 2.02. The van der Waals surface area contributed by atoms with Gasteiger partial charge in [-0.25, -0.2) is 4.79 Å². The summed E-state index contributed by atoms with van der Waals surface area (Å²) in [7, 11) is 0. The Kier molecular flexibility index (Phi) is 3.17. The summed E-state index contributed by atoms with van der Waals surface area (Å²) in [6.45, 7) is 0. The zero-order chi connectivity index (χ0) is 11.4. The first kappa shape index (κ1) is 10.6. The van der Waals surface area contributed by atoms with Crippen LogP contribution in [0.3, 0.4) is 0 Å². The van der Waals surface area contributed by atoms with Crippen LogP contribution in [0.5, 0.6) is 5.75 Å². The molecule has 4 heteroatoms. The molecular weight excluding hydrogens is 226 g/mol. The van der Waals surface area contributed by atoms with E-state index in [0.717, 1.165) is 11.1 Å². The molecule has 0 atom stereocenters. The summed E-state index contributed by atoms with van der Waals surface area (Å²) in [5.74, 6) is 0.418. The molecule has 0 aliphatic heterocycles. The predicted octanol–water partition coefficient (Wildman–Crippen LogP) is 3.49. The Morgan fingerprint density at radius 3 is 2.69 bits per heavy atom. The smallest absolute Gasteiger partial charge is 0.409 e. The molecule has 0 radical (unpaired) electrons. The quantitative estimate of drug-likeness (QED) is 0.746. The zero-order valence-electron chi connectivity index (χ0n) is 8.26. The van der Waals surface area contributed by atoms with E-state index in [9.17, 15) is 4.79 Å². The van der Waals surface area contributed by atoms with Crippen LogP contribution >= 0.6 is 11.6 Å². The van der Waals surface area contributed by atoms with Crippen molar-refractivity contribution < 1.29 is 9.53 Å². The number of hydrogen-bond donors (Lipinski definition) is 0. The molecule has 0 bridgehead atoms. The number of ether oxygens (including phenoxy) is 1. The minimum atomic E-state index is -0.844. The lowest BCUT2D eigenvalue weighted by atomic mass is 10.1. The van der Waals surface area contributed by atoms with E-state index in [-0.39, 0.29) is 0 Å². The molecule has 1 heterocycles. The first-order chi connectivity index (χ1) is 7.75. The van der Waals surface area contributed by atoms with Crippen molar-refractivity contribution in [3.8, 4) is 16.9 Å². The van der Waals surface area contributed by atoms with Gasteiger partial charge in [0, 0.05) is 29.6 Å². The van der Waals surface area contributed by atoms with Gasteiger partial charge in [-0.2, -0.15) is 0 Å². The largest absolute Gasteiger partial charge is 0.414 e. The SMILES string of the molecule is O=C(Cl)Oc1cccc(-c2cccnc2)c1. The number of rotatable bonds is 2. The van der Waals surface area contributed by atoms with Crippen molar-refractivity contribution in [3.63, 3.8) is 0 Å². The molecular formula is C12H8ClNO2. The Labute approximate surface area is 97.7 Å². The van der Waals surface area contributed by atoms with Crippen molar-refractivity contribution in [3.05, 3.63) is 48.8 Å². The highest BCUT2D eigenvalue weighted by Crippen LogP contribution is 2.23. The lowest BCUT2D eigenvalue weighted by molar-refractivity contribution is 0.225. The van der Waals surface area contributed by atoms with E-state index >= 15 is 0 Å². The van der Waals surface area contributed by atoms with E-state index in [0.29, 0.717) is 5.75 Å². The van der Waals surface area contributed by atoms with Crippen molar-refractivity contribution in [1.29, 1.82) is 0 Å². The number of halogens is 1. The Morgan fingerprint density at radius 2 is 2.00 bits per heavy atom. The zero-order valence-corrected chi connectivity index (χ0v) is 9.02. The third-order valence-corrected chi connectivity index (χ3v) is 2.10. The van der Waals surface area contributed by atoms with Crippen molar-refractivity contribution in [2.45, 2.75) is 0 Å². The number of hydrogen-bond acceptors (Lipinski definition) is 3. The molecule has 0 unspecified atom stereocenters. The maximum atomic E-state index is 10.6. The highest BCUT2D eigenvalue weighted by atomic mass is 35.5. The van der Waals surface area contributed by atoms with Crippen LogP contribution in [0.4, 0.5) is 4.79 Å². The van der Waals surface area contributed by atoms with Gasteiger partial charge < -0.3 is 4.74 Å². The first-order valence-electron chi connectivity index (χ1n) is 4.63. The summed E-state index contributed by atoms with van der Waals surface area (Å²) >= 11 is 5.14. The Bertz CT molecular complexity index is 499. The molecule has 16 heavy (non-hydrogen) atoms. The van der Waals surface area contributed by atoms with Gasteiger partial charge in [-0.15, -0.1) is 0 Å². The summed E-state index contributed by atoms with van der Waals surface area (Å²) in [6, 6.07) is 10.9. The van der Waals surface area contributed by atoms with E-state index in [1.807, 2.05) is 18.2 Å². The van der Waals surface area contributed by atoms with Crippen LogP contribution in [0.2, 0.25) is 0 Å². The van der Waals surface area contributed by atoms with Gasteiger partial charge in [0.15, 0.2) is 0 Å². The van der Waals surface area contributed by atoms with Crippen LogP contribution in [0.15, 0.2) is 48.8 Å². The average Bonchev–Trinajstić information content (AvgIpc) is 2.30. The fraction of sp³-hybridized carbons (Fsp3) is 0. The minimum absolute atomic E-state index is 0.418. The second-order valence-corrected chi connectivity index (χ2v) is 3.42. The van der Waals surface area contributed by atoms with Crippen molar-refractivity contribution >= 4 is 17.0 Å². The molecule has 0 N–H and O–H groups in total. The van der Waals surface area contributed by atoms with Crippen LogP contribution in [-0.4, -0.2) is 10.4 Å². The van der Waals surface area contributed by atoms with Crippen LogP contribution < -0.4 is 4.74 Å². The second kappa shape index (κ2) is 4.77. The maximum Gasteiger partial charge on any atom is 0.409 e. The molecule has 1 aromatic heterocycles. The lowest BCUT2D eigenvalue weighted by Gasteiger charge is -2.03. The van der Waals surface area contributed by atoms with Crippen LogP contribution in [0.25, 0.3) is 11.1 Å². The molecule has 0 saturated heterocycles. The average molecular weight is 234 g/mol. The monoisotopic (exact) mass is 233 g/mol. The summed E-state index contributed by atoms with van der Waals surface area (Å²) in [5, 5.41) is 0. The molecule has 0 aliphatic carbocycles. The molecule has 0 fully saturated rings. The molecule has 80 valence electrons. The Hall–Kier alpha value is -1.87. The van der Waals surface area contributed by atoms with Crippen molar-refractivity contribution in [2.75, 3.05) is 0 Å². The Morgan fingerprint density at radius 1 is 1.19 bits per heavy atom. The van der Waals surface area contributed by atoms with Gasteiger partial charge in [-0.3, -0.25) is 4.98 Å². The maximum absolute atomic E-state index is 10.6. The van der Waals surface area contributed by atoms with E-state index in [2.05, 4.69) is 4.98 Å². The normalized spacial score (nSPS) is 9.81. The molecule has 0 saturated carbocycles. The van der Waals surface area contributed by atoms with E-state index in [4.69, 9.17) is 16.3 Å². The topological polar surface area (TPSA) is 39.2 Å². The highest BCUT2D eigenvalue weighted by molar-refractivity contribution is 6.61. The van der Waals surface area contributed by atoms with Crippen molar-refractivity contribution in [1.82, 2.24) is 4.98 Å². The van der Waals surface area contributed by atoms with E-state index in [1.54, 1.807) is 30.6 Å². The van der Waals surface area contributed by atoms with Crippen LogP contribution in [0.1, 0.15) is 0 Å². The van der Waals surface area contributed by atoms with Crippen LogP contribution in [0, 0.1) is 0 Å². The van der Waals surface area contributed by atoms with E-state index in [1.165, 1.54) is 0 Å². The molecule has 0 amide bonds. The van der Waals surface area contributed by atoms with Gasteiger partial charge in [-0.05, 0) is 23.8 Å². The summed E-state index contributed by atoms with van der Waals surface area (Å²) in [6.07, 6.45) is 3.44. The third-order valence-electron chi connectivity index (χ3n) is 2.03. The summed E-state index contributed by atoms with van der Waals surface area (Å²) in [5.41, 5.74) is 1.03. The van der Waals surface area contributed by atoms with Gasteiger partial charge in [-0.1, -0.05) is 18.2 Å². The number of benzene rings is 1. The fourth-order valence-corrected chi connectivity index (χ4v) is 1.45. The van der Waals surface area contributed by atoms with Crippen LogP contribution in [-0.2, 0) is 0 Å². The second-order valence-electron chi connectivity index (χ2n) is 3.11. The minimum Gasteiger partial charge on any atom is -0.414 e. The molecule has 3 nitrogen and oxygen atoms in total. The molecule has 1 aromatic carbocycles. The number of carbonyl (C=O) groups is 1. The number of aromatic nitrogens is 1. The van der Waals surface area contributed by atoms with Gasteiger partial charge in [0.2, 0.25) is 0 Å². The van der Waals surface area contributed by atoms with E-state index < -0.39 is 5.43 Å². The van der Waals surface area contributed by atoms with Gasteiger partial charge >= 0.3 is 5.43 Å².